The van der Waals surface area contributed by atoms with Crippen LogP contribution in [0, 0.1) is 5.92 Å². The minimum Gasteiger partial charge on any atom is -0.328 e. The van der Waals surface area contributed by atoms with E-state index in [1.807, 2.05) is 6.08 Å². The van der Waals surface area contributed by atoms with Crippen LogP contribution >= 0.6 is 0 Å². The number of allylic oxidation sites excluding steroid dienone is 4. The fourth-order valence-electron chi connectivity index (χ4n) is 1.48. The third kappa shape index (κ3) is 3.61. The fourth-order valence-corrected chi connectivity index (χ4v) is 1.48. The molecule has 0 radical (unpaired) electrons. The van der Waals surface area contributed by atoms with E-state index in [0.29, 0.717) is 5.92 Å². The van der Waals surface area contributed by atoms with E-state index < -0.39 is 0 Å². The van der Waals surface area contributed by atoms with Gasteiger partial charge in [-0.1, -0.05) is 12.2 Å². The molecule has 0 amide bonds. The molecule has 13 heavy (non-hydrogen) atoms. The molecular weight excluding hydrogens is 162 g/mol. The molecule has 0 aromatic rings. The minimum atomic E-state index is 0.637. The maximum absolute atomic E-state index is 5.36. The van der Waals surface area contributed by atoms with Crippen LogP contribution in [0.15, 0.2) is 23.9 Å². The first-order valence-corrected chi connectivity index (χ1v) is 4.71. The predicted molar refractivity (Wildman–Crippen MR) is 55.8 cm³/mol. The molecule has 3 nitrogen and oxygen atoms in total. The van der Waals surface area contributed by atoms with Gasteiger partial charge in [-0.2, -0.15) is 0 Å². The summed E-state index contributed by atoms with van der Waals surface area (Å²) in [5.41, 5.74) is 3.85. The minimum absolute atomic E-state index is 0.637. The lowest BCUT2D eigenvalue weighted by Gasteiger charge is -2.19. The van der Waals surface area contributed by atoms with Crippen LogP contribution in [-0.4, -0.2) is 25.5 Å². The molecule has 0 bridgehead atoms. The Bertz CT molecular complexity index is 206. The second-order valence-corrected chi connectivity index (χ2v) is 3.78. The molecule has 1 unspecified atom stereocenters. The summed E-state index contributed by atoms with van der Waals surface area (Å²) >= 11 is 0. The quantitative estimate of drug-likeness (QED) is 0.499. The van der Waals surface area contributed by atoms with Gasteiger partial charge < -0.3 is 10.3 Å². The Balaban J connectivity index is 2.31. The van der Waals surface area contributed by atoms with Crippen molar-refractivity contribution >= 4 is 0 Å². The first-order valence-electron chi connectivity index (χ1n) is 4.71. The molecule has 0 aromatic carbocycles. The van der Waals surface area contributed by atoms with Crippen molar-refractivity contribution in [2.45, 2.75) is 12.8 Å². The predicted octanol–water partition coefficient (Wildman–Crippen LogP) is 0.861. The molecule has 0 saturated carbocycles. The number of hydrogen-bond donors (Lipinski definition) is 2. The molecule has 0 aromatic heterocycles. The van der Waals surface area contributed by atoms with Crippen molar-refractivity contribution in [3.05, 3.63) is 23.9 Å². The lowest BCUT2D eigenvalue weighted by atomic mass is 9.95. The largest absolute Gasteiger partial charge is 0.328 e. The summed E-state index contributed by atoms with van der Waals surface area (Å²) in [7, 11) is 4.20. The van der Waals surface area contributed by atoms with E-state index in [-0.39, 0.29) is 0 Å². The maximum Gasteiger partial charge on any atom is 0.0265 e. The second kappa shape index (κ2) is 5.04. The molecule has 1 atom stereocenters. The topological polar surface area (TPSA) is 41.3 Å². The van der Waals surface area contributed by atoms with Crippen LogP contribution in [0.2, 0.25) is 0 Å². The number of nitrogens with one attached hydrogen (secondary N) is 1. The number of nitrogens with zero attached hydrogens (tertiary/aromatic N) is 1. The van der Waals surface area contributed by atoms with Crippen molar-refractivity contribution in [1.82, 2.24) is 10.3 Å². The molecule has 0 saturated heterocycles. The highest BCUT2D eigenvalue weighted by molar-refractivity contribution is 5.17. The summed E-state index contributed by atoms with van der Waals surface area (Å²) in [5.74, 6) is 6.00. The highest BCUT2D eigenvalue weighted by Crippen LogP contribution is 2.19. The highest BCUT2D eigenvalue weighted by atomic mass is 15.2. The molecule has 1 rings (SSSR count). The maximum atomic E-state index is 5.36. The van der Waals surface area contributed by atoms with Gasteiger partial charge >= 0.3 is 0 Å². The number of rotatable bonds is 4. The standard InChI is InChI=1S/C10H19N3/c1-13(2)7-6-9-4-3-5-10(8-9)12-11/h3-5,9,12H,6-8,11H2,1-2H3. The lowest BCUT2D eigenvalue weighted by molar-refractivity contribution is 0.369. The van der Waals surface area contributed by atoms with Gasteiger partial charge in [-0.05, 0) is 45.5 Å². The molecule has 0 heterocycles. The van der Waals surface area contributed by atoms with Gasteiger partial charge in [0.2, 0.25) is 0 Å². The summed E-state index contributed by atoms with van der Waals surface area (Å²) in [4.78, 5) is 2.21. The smallest absolute Gasteiger partial charge is 0.0265 e. The van der Waals surface area contributed by atoms with E-state index in [9.17, 15) is 0 Å². The SMILES string of the molecule is CN(C)CCC1C=CC=C(NN)C1. The van der Waals surface area contributed by atoms with Crippen molar-refractivity contribution in [3.63, 3.8) is 0 Å². The van der Waals surface area contributed by atoms with Gasteiger partial charge in [0.15, 0.2) is 0 Å². The van der Waals surface area contributed by atoms with Gasteiger partial charge in [0, 0.05) is 5.70 Å². The van der Waals surface area contributed by atoms with Crippen molar-refractivity contribution < 1.29 is 0 Å². The Morgan fingerprint density at radius 3 is 3.00 bits per heavy atom. The molecule has 1 aliphatic carbocycles. The number of hydrogen-bond acceptors (Lipinski definition) is 3. The average molecular weight is 181 g/mol. The fraction of sp³-hybridized carbons (Fsp3) is 0.600. The van der Waals surface area contributed by atoms with E-state index in [1.165, 1.54) is 6.42 Å². The van der Waals surface area contributed by atoms with Gasteiger partial charge in [-0.15, -0.1) is 0 Å². The molecule has 1 aliphatic rings. The van der Waals surface area contributed by atoms with Crippen molar-refractivity contribution in [3.8, 4) is 0 Å². The van der Waals surface area contributed by atoms with Crippen molar-refractivity contribution in [1.29, 1.82) is 0 Å². The average Bonchev–Trinajstić information content (AvgIpc) is 2.15. The van der Waals surface area contributed by atoms with E-state index in [1.54, 1.807) is 0 Å². The van der Waals surface area contributed by atoms with Crippen LogP contribution < -0.4 is 11.3 Å². The zero-order valence-corrected chi connectivity index (χ0v) is 8.46. The van der Waals surface area contributed by atoms with Crippen LogP contribution in [0.4, 0.5) is 0 Å². The molecule has 3 N–H and O–H groups in total. The highest BCUT2D eigenvalue weighted by Gasteiger charge is 2.10. The molecule has 0 aliphatic heterocycles. The van der Waals surface area contributed by atoms with E-state index in [2.05, 4.69) is 36.6 Å². The number of nitrogens with two attached hydrogens (primary N) is 1. The molecule has 0 fully saturated rings. The summed E-state index contributed by atoms with van der Waals surface area (Å²) in [5, 5.41) is 0. The number of hydrazine groups is 1. The Labute approximate surface area is 80.3 Å². The van der Waals surface area contributed by atoms with Crippen LogP contribution in [0.1, 0.15) is 12.8 Å². The van der Waals surface area contributed by atoms with E-state index in [0.717, 1.165) is 18.7 Å². The Morgan fingerprint density at radius 2 is 2.38 bits per heavy atom. The van der Waals surface area contributed by atoms with Crippen molar-refractivity contribution in [2.24, 2.45) is 11.8 Å². The summed E-state index contributed by atoms with van der Waals surface area (Å²) in [6.45, 7) is 1.13. The molecule has 74 valence electrons. The van der Waals surface area contributed by atoms with Crippen LogP contribution in [0.25, 0.3) is 0 Å². The van der Waals surface area contributed by atoms with Crippen molar-refractivity contribution in [2.75, 3.05) is 20.6 Å². The molecule has 3 heteroatoms. The summed E-state index contributed by atoms with van der Waals surface area (Å²) in [6.07, 6.45) is 8.61. The van der Waals surface area contributed by atoms with E-state index in [4.69, 9.17) is 5.84 Å². The van der Waals surface area contributed by atoms with Gasteiger partial charge in [-0.3, -0.25) is 5.84 Å². The normalized spacial score (nSPS) is 21.8. The second-order valence-electron chi connectivity index (χ2n) is 3.78. The van der Waals surface area contributed by atoms with Gasteiger partial charge in [0.05, 0.1) is 0 Å². The monoisotopic (exact) mass is 181 g/mol. The zero-order chi connectivity index (χ0) is 9.68. The first-order chi connectivity index (χ1) is 6.22. The third-order valence-corrected chi connectivity index (χ3v) is 2.30. The Morgan fingerprint density at radius 1 is 1.62 bits per heavy atom. The first kappa shape index (κ1) is 10.3. The van der Waals surface area contributed by atoms with Crippen LogP contribution in [-0.2, 0) is 0 Å². The van der Waals surface area contributed by atoms with Crippen LogP contribution in [0.3, 0.4) is 0 Å². The zero-order valence-electron chi connectivity index (χ0n) is 8.46. The third-order valence-electron chi connectivity index (χ3n) is 2.30. The van der Waals surface area contributed by atoms with E-state index >= 15 is 0 Å². The summed E-state index contributed by atoms with van der Waals surface area (Å²) in [6, 6.07) is 0. The van der Waals surface area contributed by atoms with Gasteiger partial charge in [0.25, 0.3) is 0 Å². The lowest BCUT2D eigenvalue weighted by Crippen LogP contribution is -2.25. The molecule has 0 spiro atoms. The summed E-state index contributed by atoms with van der Waals surface area (Å²) < 4.78 is 0. The Hall–Kier alpha value is -0.800. The van der Waals surface area contributed by atoms with Gasteiger partial charge in [0.1, 0.15) is 0 Å². The molecular formula is C10H19N3. The van der Waals surface area contributed by atoms with Gasteiger partial charge in [-0.25, -0.2) is 0 Å². The Kier molecular flexibility index (Phi) is 3.99. The van der Waals surface area contributed by atoms with Crippen LogP contribution in [0.5, 0.6) is 0 Å².